The SMILES string of the molecule is COc1ccc(N2C(=O)C(=O)/C(=C(\O)c3ccc4c(c3)N(C)CCO4)C2c2cccc(C)c2)cc1. The Hall–Kier alpha value is -4.26. The molecule has 1 fully saturated rings. The number of fused-ring (bicyclic) bond motifs is 1. The summed E-state index contributed by atoms with van der Waals surface area (Å²) in [5.74, 6) is -0.288. The molecule has 2 aliphatic rings. The molecule has 178 valence electrons. The Kier molecular flexibility index (Phi) is 5.68. The van der Waals surface area contributed by atoms with E-state index in [1.54, 1.807) is 49.6 Å². The van der Waals surface area contributed by atoms with Gasteiger partial charge in [-0.25, -0.2) is 0 Å². The van der Waals surface area contributed by atoms with Crippen LogP contribution in [-0.2, 0) is 9.59 Å². The topological polar surface area (TPSA) is 79.3 Å². The number of aliphatic hydroxyl groups excluding tert-OH is 1. The molecule has 3 aromatic carbocycles. The van der Waals surface area contributed by atoms with Crippen LogP contribution in [0.1, 0.15) is 22.7 Å². The molecule has 0 aromatic heterocycles. The van der Waals surface area contributed by atoms with Crippen molar-refractivity contribution in [3.63, 3.8) is 0 Å². The van der Waals surface area contributed by atoms with Crippen molar-refractivity contribution in [1.29, 1.82) is 0 Å². The number of Topliss-reactive ketones (excluding diaryl/α,β-unsaturated/α-hetero) is 1. The minimum atomic E-state index is -0.784. The summed E-state index contributed by atoms with van der Waals surface area (Å²) >= 11 is 0. The fourth-order valence-electron chi connectivity index (χ4n) is 4.65. The number of rotatable bonds is 4. The Labute approximate surface area is 203 Å². The van der Waals surface area contributed by atoms with Crippen molar-refractivity contribution < 1.29 is 24.2 Å². The van der Waals surface area contributed by atoms with Crippen molar-refractivity contribution in [1.82, 2.24) is 0 Å². The zero-order valence-electron chi connectivity index (χ0n) is 19.8. The van der Waals surface area contributed by atoms with Gasteiger partial charge in [0.15, 0.2) is 0 Å². The fraction of sp³-hybridized carbons (Fsp3) is 0.214. The van der Waals surface area contributed by atoms with Crippen LogP contribution in [0.25, 0.3) is 5.76 Å². The number of ketones is 1. The van der Waals surface area contributed by atoms with E-state index >= 15 is 0 Å². The van der Waals surface area contributed by atoms with E-state index in [9.17, 15) is 14.7 Å². The second-order valence-electron chi connectivity index (χ2n) is 8.73. The lowest BCUT2D eigenvalue weighted by Gasteiger charge is -2.28. The number of carbonyl (C=O) groups is 2. The van der Waals surface area contributed by atoms with Gasteiger partial charge in [0.25, 0.3) is 11.7 Å². The molecule has 5 rings (SSSR count). The summed E-state index contributed by atoms with van der Waals surface area (Å²) in [7, 11) is 3.51. The molecule has 1 N–H and O–H groups in total. The molecule has 7 nitrogen and oxygen atoms in total. The van der Waals surface area contributed by atoms with Crippen molar-refractivity contribution in [2.24, 2.45) is 0 Å². The van der Waals surface area contributed by atoms with Gasteiger partial charge in [0.1, 0.15) is 23.9 Å². The minimum absolute atomic E-state index is 0.0516. The lowest BCUT2D eigenvalue weighted by atomic mass is 9.94. The molecule has 2 aliphatic heterocycles. The fourth-order valence-corrected chi connectivity index (χ4v) is 4.65. The normalized spacial score (nSPS) is 18.9. The van der Waals surface area contributed by atoms with Gasteiger partial charge in [-0.1, -0.05) is 29.8 Å². The number of anilines is 2. The Morgan fingerprint density at radius 3 is 2.54 bits per heavy atom. The van der Waals surface area contributed by atoms with Gasteiger partial charge in [-0.15, -0.1) is 0 Å². The number of aliphatic hydroxyl groups is 1. The van der Waals surface area contributed by atoms with Gasteiger partial charge in [-0.3, -0.25) is 14.5 Å². The third kappa shape index (κ3) is 3.89. The van der Waals surface area contributed by atoms with E-state index in [1.807, 2.05) is 43.1 Å². The average Bonchev–Trinajstić information content (AvgIpc) is 3.14. The quantitative estimate of drug-likeness (QED) is 0.345. The molecule has 0 bridgehead atoms. The summed E-state index contributed by atoms with van der Waals surface area (Å²) in [5, 5.41) is 11.4. The molecule has 0 radical (unpaired) electrons. The first kappa shape index (κ1) is 22.5. The second-order valence-corrected chi connectivity index (χ2v) is 8.73. The number of nitrogens with zero attached hydrogens (tertiary/aromatic N) is 2. The molecule has 0 saturated carbocycles. The predicted molar refractivity (Wildman–Crippen MR) is 134 cm³/mol. The second kappa shape index (κ2) is 8.83. The van der Waals surface area contributed by atoms with Gasteiger partial charge in [0.05, 0.1) is 31.0 Å². The highest BCUT2D eigenvalue weighted by atomic mass is 16.5. The van der Waals surface area contributed by atoms with Crippen LogP contribution in [0.3, 0.4) is 0 Å². The van der Waals surface area contributed by atoms with Crippen LogP contribution in [0, 0.1) is 6.92 Å². The zero-order chi connectivity index (χ0) is 24.7. The van der Waals surface area contributed by atoms with Gasteiger partial charge in [0.2, 0.25) is 0 Å². The molecule has 1 amide bonds. The maximum absolute atomic E-state index is 13.4. The van der Waals surface area contributed by atoms with Gasteiger partial charge < -0.3 is 19.5 Å². The largest absolute Gasteiger partial charge is 0.507 e. The molecule has 0 aliphatic carbocycles. The molecule has 35 heavy (non-hydrogen) atoms. The first-order chi connectivity index (χ1) is 16.9. The summed E-state index contributed by atoms with van der Waals surface area (Å²) in [6.07, 6.45) is 0. The van der Waals surface area contributed by atoms with Gasteiger partial charge in [-0.05, 0) is 55.0 Å². The summed E-state index contributed by atoms with van der Waals surface area (Å²) in [5.41, 5.74) is 3.58. The van der Waals surface area contributed by atoms with Gasteiger partial charge in [-0.2, -0.15) is 0 Å². The monoisotopic (exact) mass is 470 g/mol. The molecule has 0 spiro atoms. The van der Waals surface area contributed by atoms with Crippen molar-refractivity contribution >= 4 is 28.8 Å². The Morgan fingerprint density at radius 2 is 1.83 bits per heavy atom. The number of hydrogen-bond donors (Lipinski definition) is 1. The van der Waals surface area contributed by atoms with Crippen LogP contribution in [0.4, 0.5) is 11.4 Å². The molecule has 1 atom stereocenters. The highest BCUT2D eigenvalue weighted by Crippen LogP contribution is 2.43. The predicted octanol–water partition coefficient (Wildman–Crippen LogP) is 4.46. The van der Waals surface area contributed by atoms with E-state index in [0.717, 1.165) is 16.8 Å². The lowest BCUT2D eigenvalue weighted by molar-refractivity contribution is -0.132. The Balaban J connectivity index is 1.69. The van der Waals surface area contributed by atoms with E-state index in [1.165, 1.54) is 4.90 Å². The van der Waals surface area contributed by atoms with Crippen LogP contribution in [0.2, 0.25) is 0 Å². The Bertz CT molecular complexity index is 1350. The number of amides is 1. The third-order valence-electron chi connectivity index (χ3n) is 6.48. The maximum Gasteiger partial charge on any atom is 0.300 e. The summed E-state index contributed by atoms with van der Waals surface area (Å²) in [6, 6.07) is 19.1. The Morgan fingerprint density at radius 1 is 1.06 bits per heavy atom. The summed E-state index contributed by atoms with van der Waals surface area (Å²) in [4.78, 5) is 30.2. The van der Waals surface area contributed by atoms with Crippen molar-refractivity contribution in [2.45, 2.75) is 13.0 Å². The van der Waals surface area contributed by atoms with Crippen molar-refractivity contribution in [2.75, 3.05) is 37.1 Å². The van der Waals surface area contributed by atoms with Gasteiger partial charge >= 0.3 is 0 Å². The van der Waals surface area contributed by atoms with Gasteiger partial charge in [0, 0.05) is 18.3 Å². The third-order valence-corrected chi connectivity index (χ3v) is 6.48. The number of methoxy groups -OCH3 is 1. The summed E-state index contributed by atoms with van der Waals surface area (Å²) in [6.45, 7) is 3.24. The molecule has 7 heteroatoms. The van der Waals surface area contributed by atoms with Crippen LogP contribution in [0.15, 0.2) is 72.3 Å². The minimum Gasteiger partial charge on any atom is -0.507 e. The number of ether oxygens (including phenoxy) is 2. The van der Waals surface area contributed by atoms with Crippen molar-refractivity contribution in [3.05, 3.63) is 89.0 Å². The molecule has 2 heterocycles. The smallest absolute Gasteiger partial charge is 0.300 e. The number of likely N-dealkylation sites (N-methyl/N-ethyl adjacent to an activating group) is 1. The van der Waals surface area contributed by atoms with E-state index in [-0.39, 0.29) is 11.3 Å². The maximum atomic E-state index is 13.4. The van der Waals surface area contributed by atoms with Crippen LogP contribution >= 0.6 is 0 Å². The number of hydrogen-bond acceptors (Lipinski definition) is 6. The lowest BCUT2D eigenvalue weighted by Crippen LogP contribution is -2.29. The number of benzene rings is 3. The highest BCUT2D eigenvalue weighted by molar-refractivity contribution is 6.51. The molecular formula is C28H26N2O5. The van der Waals surface area contributed by atoms with E-state index in [2.05, 4.69) is 0 Å². The molecule has 3 aromatic rings. The first-order valence-corrected chi connectivity index (χ1v) is 11.4. The first-order valence-electron chi connectivity index (χ1n) is 11.4. The zero-order valence-corrected chi connectivity index (χ0v) is 19.8. The standard InChI is InChI=1S/C28H26N2O5/c1-17-5-4-6-18(15-17)25-24(26(31)19-7-12-23-22(16-19)29(2)13-14-35-23)27(32)28(33)30(25)20-8-10-21(34-3)11-9-20/h4-12,15-16,25,31H,13-14H2,1-3H3/b26-24-. The number of aryl methyl sites for hydroxylation is 1. The molecule has 1 saturated heterocycles. The van der Waals surface area contributed by atoms with Crippen LogP contribution < -0.4 is 19.3 Å². The average molecular weight is 471 g/mol. The van der Waals surface area contributed by atoms with Crippen LogP contribution in [0.5, 0.6) is 11.5 Å². The summed E-state index contributed by atoms with van der Waals surface area (Å²) < 4.78 is 11.0. The highest BCUT2D eigenvalue weighted by Gasteiger charge is 2.47. The molecule has 1 unspecified atom stereocenters. The van der Waals surface area contributed by atoms with Crippen LogP contribution in [-0.4, -0.2) is 44.1 Å². The van der Waals surface area contributed by atoms with E-state index < -0.39 is 17.7 Å². The van der Waals surface area contributed by atoms with E-state index in [4.69, 9.17) is 9.47 Å². The van der Waals surface area contributed by atoms with Crippen molar-refractivity contribution in [3.8, 4) is 11.5 Å². The van der Waals surface area contributed by atoms with E-state index in [0.29, 0.717) is 35.9 Å². The molecular weight excluding hydrogens is 444 g/mol. The number of carbonyl (C=O) groups excluding carboxylic acids is 2.